The highest BCUT2D eigenvalue weighted by molar-refractivity contribution is 6.30. The standard InChI is InChI=1S/C21H26ClNO4/c1-5-25-19-11-10-16(12-20(19)26-6-2)14(3)23-21(24)15(4)27-18-9-7-8-17(22)13-18/h7-15H,5-6H2,1-4H3,(H,23,24). The molecule has 0 aliphatic heterocycles. The molecule has 146 valence electrons. The summed E-state index contributed by atoms with van der Waals surface area (Å²) in [6.45, 7) is 8.55. The first-order valence-corrected chi connectivity index (χ1v) is 9.44. The quantitative estimate of drug-likeness (QED) is 0.668. The van der Waals surface area contributed by atoms with Gasteiger partial charge in [0.15, 0.2) is 17.6 Å². The predicted molar refractivity (Wildman–Crippen MR) is 107 cm³/mol. The van der Waals surface area contributed by atoms with Crippen molar-refractivity contribution in [2.24, 2.45) is 0 Å². The molecule has 0 spiro atoms. The van der Waals surface area contributed by atoms with Crippen LogP contribution in [0.4, 0.5) is 0 Å². The van der Waals surface area contributed by atoms with Gasteiger partial charge < -0.3 is 19.5 Å². The van der Waals surface area contributed by atoms with Crippen molar-refractivity contribution in [2.75, 3.05) is 13.2 Å². The second kappa shape index (κ2) is 10.1. The lowest BCUT2D eigenvalue weighted by atomic mass is 10.1. The number of rotatable bonds is 9. The third-order valence-corrected chi connectivity index (χ3v) is 4.14. The molecule has 5 nitrogen and oxygen atoms in total. The van der Waals surface area contributed by atoms with E-state index < -0.39 is 6.10 Å². The Labute approximate surface area is 165 Å². The first kappa shape index (κ1) is 20.9. The van der Waals surface area contributed by atoms with Gasteiger partial charge in [0.05, 0.1) is 19.3 Å². The van der Waals surface area contributed by atoms with Gasteiger partial charge in [-0.15, -0.1) is 0 Å². The van der Waals surface area contributed by atoms with Gasteiger partial charge in [0, 0.05) is 5.02 Å². The Hall–Kier alpha value is -2.40. The maximum absolute atomic E-state index is 12.5. The van der Waals surface area contributed by atoms with Gasteiger partial charge in [-0.1, -0.05) is 23.7 Å². The van der Waals surface area contributed by atoms with E-state index in [4.69, 9.17) is 25.8 Å². The number of hydrogen-bond donors (Lipinski definition) is 1. The summed E-state index contributed by atoms with van der Waals surface area (Å²) in [5, 5.41) is 3.52. The van der Waals surface area contributed by atoms with Crippen molar-refractivity contribution in [1.29, 1.82) is 0 Å². The summed E-state index contributed by atoms with van der Waals surface area (Å²) >= 11 is 5.95. The SMILES string of the molecule is CCOc1ccc(C(C)NC(=O)C(C)Oc2cccc(Cl)c2)cc1OCC. The van der Waals surface area contributed by atoms with Crippen molar-refractivity contribution in [2.45, 2.75) is 39.8 Å². The van der Waals surface area contributed by atoms with Crippen LogP contribution in [0.25, 0.3) is 0 Å². The first-order chi connectivity index (χ1) is 12.9. The zero-order chi connectivity index (χ0) is 19.8. The van der Waals surface area contributed by atoms with Crippen LogP contribution in [0, 0.1) is 0 Å². The molecule has 6 heteroatoms. The van der Waals surface area contributed by atoms with E-state index in [9.17, 15) is 4.79 Å². The van der Waals surface area contributed by atoms with Gasteiger partial charge in [-0.05, 0) is 63.6 Å². The van der Waals surface area contributed by atoms with E-state index in [-0.39, 0.29) is 11.9 Å². The minimum atomic E-state index is -0.653. The number of halogens is 1. The van der Waals surface area contributed by atoms with Gasteiger partial charge in [0.2, 0.25) is 0 Å². The van der Waals surface area contributed by atoms with Crippen LogP contribution in [0.5, 0.6) is 17.2 Å². The van der Waals surface area contributed by atoms with Gasteiger partial charge in [-0.25, -0.2) is 0 Å². The van der Waals surface area contributed by atoms with E-state index in [1.165, 1.54) is 0 Å². The minimum absolute atomic E-state index is 0.210. The van der Waals surface area contributed by atoms with Crippen LogP contribution in [0.2, 0.25) is 5.02 Å². The Morgan fingerprint density at radius 3 is 2.41 bits per heavy atom. The smallest absolute Gasteiger partial charge is 0.261 e. The summed E-state index contributed by atoms with van der Waals surface area (Å²) in [5.41, 5.74) is 0.921. The van der Waals surface area contributed by atoms with E-state index in [0.717, 1.165) is 5.56 Å². The summed E-state index contributed by atoms with van der Waals surface area (Å²) in [6, 6.07) is 12.4. The third kappa shape index (κ3) is 6.07. The summed E-state index contributed by atoms with van der Waals surface area (Å²) < 4.78 is 16.9. The molecule has 2 atom stereocenters. The van der Waals surface area contributed by atoms with Crippen molar-refractivity contribution in [3.63, 3.8) is 0 Å². The summed E-state index contributed by atoms with van der Waals surface area (Å²) in [5.74, 6) is 1.70. The maximum Gasteiger partial charge on any atom is 0.261 e. The fourth-order valence-electron chi connectivity index (χ4n) is 2.55. The Balaban J connectivity index is 2.03. The lowest BCUT2D eigenvalue weighted by Gasteiger charge is -2.20. The normalized spacial score (nSPS) is 12.8. The molecular formula is C21H26ClNO4. The number of benzene rings is 2. The maximum atomic E-state index is 12.5. The van der Waals surface area contributed by atoms with Crippen LogP contribution in [-0.4, -0.2) is 25.2 Å². The van der Waals surface area contributed by atoms with E-state index >= 15 is 0 Å². The molecular weight excluding hydrogens is 366 g/mol. The molecule has 27 heavy (non-hydrogen) atoms. The molecule has 1 amide bonds. The Kier molecular flexibility index (Phi) is 7.80. The fraction of sp³-hybridized carbons (Fsp3) is 0.381. The lowest BCUT2D eigenvalue weighted by Crippen LogP contribution is -2.37. The van der Waals surface area contributed by atoms with Gasteiger partial charge in [0.25, 0.3) is 5.91 Å². The summed E-state index contributed by atoms with van der Waals surface area (Å²) in [6.07, 6.45) is -0.653. The molecule has 0 aliphatic carbocycles. The van der Waals surface area contributed by atoms with E-state index in [1.54, 1.807) is 31.2 Å². The van der Waals surface area contributed by atoms with Crippen LogP contribution in [0.1, 0.15) is 39.3 Å². The zero-order valence-corrected chi connectivity index (χ0v) is 16.9. The monoisotopic (exact) mass is 391 g/mol. The van der Waals surface area contributed by atoms with E-state index in [0.29, 0.717) is 35.5 Å². The van der Waals surface area contributed by atoms with Crippen LogP contribution in [0.3, 0.4) is 0 Å². The molecule has 0 bridgehead atoms. The number of ether oxygens (including phenoxy) is 3. The van der Waals surface area contributed by atoms with Crippen LogP contribution in [-0.2, 0) is 4.79 Å². The highest BCUT2D eigenvalue weighted by Gasteiger charge is 2.19. The van der Waals surface area contributed by atoms with Crippen LogP contribution >= 0.6 is 11.6 Å². The van der Waals surface area contributed by atoms with Gasteiger partial charge in [-0.3, -0.25) is 4.79 Å². The van der Waals surface area contributed by atoms with Gasteiger partial charge in [-0.2, -0.15) is 0 Å². The first-order valence-electron chi connectivity index (χ1n) is 9.06. The molecule has 2 aromatic rings. The highest BCUT2D eigenvalue weighted by atomic mass is 35.5. The molecule has 0 radical (unpaired) electrons. The van der Waals surface area contributed by atoms with Crippen molar-refractivity contribution in [3.05, 3.63) is 53.1 Å². The van der Waals surface area contributed by atoms with Crippen LogP contribution < -0.4 is 19.5 Å². The summed E-state index contributed by atoms with van der Waals surface area (Å²) in [4.78, 5) is 12.5. The van der Waals surface area contributed by atoms with Crippen molar-refractivity contribution >= 4 is 17.5 Å². The molecule has 0 fully saturated rings. The minimum Gasteiger partial charge on any atom is -0.490 e. The van der Waals surface area contributed by atoms with Crippen LogP contribution in [0.15, 0.2) is 42.5 Å². The Morgan fingerprint density at radius 2 is 1.74 bits per heavy atom. The molecule has 2 rings (SSSR count). The number of hydrogen-bond acceptors (Lipinski definition) is 4. The highest BCUT2D eigenvalue weighted by Crippen LogP contribution is 2.30. The van der Waals surface area contributed by atoms with Crippen molar-refractivity contribution in [1.82, 2.24) is 5.32 Å². The molecule has 0 saturated carbocycles. The topological polar surface area (TPSA) is 56.8 Å². The fourth-order valence-corrected chi connectivity index (χ4v) is 2.73. The third-order valence-electron chi connectivity index (χ3n) is 3.90. The molecule has 2 unspecified atom stereocenters. The zero-order valence-electron chi connectivity index (χ0n) is 16.1. The van der Waals surface area contributed by atoms with Gasteiger partial charge in [0.1, 0.15) is 5.75 Å². The van der Waals surface area contributed by atoms with Crippen molar-refractivity contribution < 1.29 is 19.0 Å². The molecule has 2 aromatic carbocycles. The molecule has 0 heterocycles. The van der Waals surface area contributed by atoms with E-state index in [2.05, 4.69) is 5.32 Å². The Bertz CT molecular complexity index is 766. The molecule has 0 aromatic heterocycles. The van der Waals surface area contributed by atoms with Gasteiger partial charge >= 0.3 is 0 Å². The average molecular weight is 392 g/mol. The molecule has 0 aliphatic rings. The number of carbonyl (C=O) groups is 1. The lowest BCUT2D eigenvalue weighted by molar-refractivity contribution is -0.127. The Morgan fingerprint density at radius 1 is 1.04 bits per heavy atom. The second-order valence-corrected chi connectivity index (χ2v) is 6.46. The molecule has 0 saturated heterocycles. The van der Waals surface area contributed by atoms with E-state index in [1.807, 2.05) is 39.0 Å². The largest absolute Gasteiger partial charge is 0.490 e. The van der Waals surface area contributed by atoms with Crippen molar-refractivity contribution in [3.8, 4) is 17.2 Å². The number of amides is 1. The number of carbonyl (C=O) groups excluding carboxylic acids is 1. The predicted octanol–water partition coefficient (Wildman–Crippen LogP) is 4.78. The molecule has 1 N–H and O–H groups in total. The second-order valence-electron chi connectivity index (χ2n) is 6.02. The average Bonchev–Trinajstić information content (AvgIpc) is 2.63. The number of nitrogens with one attached hydrogen (secondary N) is 1. The summed E-state index contributed by atoms with van der Waals surface area (Å²) in [7, 11) is 0.